The highest BCUT2D eigenvalue weighted by Crippen LogP contribution is 2.34. The van der Waals surface area contributed by atoms with Gasteiger partial charge in [-0.15, -0.1) is 0 Å². The van der Waals surface area contributed by atoms with Gasteiger partial charge in [-0.3, -0.25) is 19.3 Å². The molecule has 0 bridgehead atoms. The van der Waals surface area contributed by atoms with E-state index < -0.39 is 11.1 Å². The molecule has 0 saturated carbocycles. The smallest absolute Gasteiger partial charge is 0.294 e. The second-order valence-corrected chi connectivity index (χ2v) is 10.2. The SMILES string of the molecule is CC1CCN(C(=O)CN2C(=O)S/C(=C/c3ccccc3OCc3ccc(Cl)cc3Cl)C2=O)CC1. The number of ether oxygens (including phenoxy) is 1. The van der Waals surface area contributed by atoms with Gasteiger partial charge in [-0.05, 0) is 54.8 Å². The van der Waals surface area contributed by atoms with Crippen LogP contribution >= 0.6 is 35.0 Å². The van der Waals surface area contributed by atoms with Crippen molar-refractivity contribution in [2.45, 2.75) is 26.4 Å². The molecule has 6 nitrogen and oxygen atoms in total. The van der Waals surface area contributed by atoms with Crippen LogP contribution < -0.4 is 4.74 Å². The lowest BCUT2D eigenvalue weighted by Gasteiger charge is -2.31. The number of halogens is 2. The zero-order chi connectivity index (χ0) is 24.2. The molecule has 9 heteroatoms. The second kappa shape index (κ2) is 10.8. The largest absolute Gasteiger partial charge is 0.488 e. The second-order valence-electron chi connectivity index (χ2n) is 8.39. The van der Waals surface area contributed by atoms with E-state index in [1.165, 1.54) is 0 Å². The van der Waals surface area contributed by atoms with Gasteiger partial charge in [0.05, 0.1) is 4.91 Å². The fourth-order valence-corrected chi connectivity index (χ4v) is 5.09. The van der Waals surface area contributed by atoms with Gasteiger partial charge in [-0.25, -0.2) is 0 Å². The Balaban J connectivity index is 1.45. The Kier molecular flexibility index (Phi) is 7.86. The maximum atomic E-state index is 12.9. The third kappa shape index (κ3) is 5.77. The van der Waals surface area contributed by atoms with Crippen LogP contribution in [0.15, 0.2) is 47.4 Å². The quantitative estimate of drug-likeness (QED) is 0.447. The lowest BCUT2D eigenvalue weighted by molar-refractivity contribution is -0.136. The monoisotopic (exact) mass is 518 g/mol. The molecule has 0 unspecified atom stereocenters. The van der Waals surface area contributed by atoms with Gasteiger partial charge in [0.25, 0.3) is 11.1 Å². The summed E-state index contributed by atoms with van der Waals surface area (Å²) in [4.78, 5) is 41.1. The third-order valence-electron chi connectivity index (χ3n) is 5.91. The molecule has 2 aromatic rings. The zero-order valence-corrected chi connectivity index (χ0v) is 21.0. The Morgan fingerprint density at radius 2 is 1.88 bits per heavy atom. The van der Waals surface area contributed by atoms with E-state index in [0.717, 1.165) is 35.1 Å². The average Bonchev–Trinajstić information content (AvgIpc) is 3.07. The number of likely N-dealkylation sites (tertiary alicyclic amines) is 1. The highest BCUT2D eigenvalue weighted by Gasteiger charge is 2.37. The molecule has 0 atom stereocenters. The molecule has 2 aliphatic rings. The number of nitrogens with zero attached hydrogens (tertiary/aromatic N) is 2. The van der Waals surface area contributed by atoms with Crippen LogP contribution in [0.3, 0.4) is 0 Å². The number of carbonyl (C=O) groups excluding carboxylic acids is 3. The lowest BCUT2D eigenvalue weighted by atomic mass is 9.99. The van der Waals surface area contributed by atoms with Gasteiger partial charge in [0.2, 0.25) is 5.91 Å². The number of hydrogen-bond donors (Lipinski definition) is 0. The first-order valence-corrected chi connectivity index (χ1v) is 12.6. The molecule has 2 heterocycles. The van der Waals surface area contributed by atoms with Gasteiger partial charge in [-0.1, -0.05) is 54.4 Å². The van der Waals surface area contributed by atoms with E-state index in [-0.39, 0.29) is 24.0 Å². The van der Waals surface area contributed by atoms with Crippen molar-refractivity contribution in [1.29, 1.82) is 0 Å². The number of piperidine rings is 1. The molecule has 0 spiro atoms. The molecule has 0 N–H and O–H groups in total. The highest BCUT2D eigenvalue weighted by molar-refractivity contribution is 8.18. The molecule has 4 rings (SSSR count). The van der Waals surface area contributed by atoms with Gasteiger partial charge in [0.1, 0.15) is 18.9 Å². The average molecular weight is 519 g/mol. The Morgan fingerprint density at radius 1 is 1.15 bits per heavy atom. The predicted octanol–water partition coefficient (Wildman–Crippen LogP) is 5.87. The molecule has 0 aliphatic carbocycles. The Labute approximate surface area is 212 Å². The molecule has 34 heavy (non-hydrogen) atoms. The van der Waals surface area contributed by atoms with Gasteiger partial charge in [0.15, 0.2) is 0 Å². The predicted molar refractivity (Wildman–Crippen MR) is 135 cm³/mol. The van der Waals surface area contributed by atoms with Crippen LogP contribution in [0, 0.1) is 5.92 Å². The molecule has 2 fully saturated rings. The zero-order valence-electron chi connectivity index (χ0n) is 18.6. The van der Waals surface area contributed by atoms with Gasteiger partial charge >= 0.3 is 0 Å². The first-order chi connectivity index (χ1) is 16.3. The Bertz CT molecular complexity index is 1150. The van der Waals surface area contributed by atoms with Crippen molar-refractivity contribution in [3.8, 4) is 5.75 Å². The minimum atomic E-state index is -0.468. The molecule has 2 aromatic carbocycles. The summed E-state index contributed by atoms with van der Waals surface area (Å²) in [7, 11) is 0. The maximum Gasteiger partial charge on any atom is 0.294 e. The Morgan fingerprint density at radius 3 is 2.62 bits per heavy atom. The van der Waals surface area contributed by atoms with Gasteiger partial charge in [-0.2, -0.15) is 0 Å². The molecule has 0 aromatic heterocycles. The van der Waals surface area contributed by atoms with Crippen LogP contribution in [0.25, 0.3) is 6.08 Å². The summed E-state index contributed by atoms with van der Waals surface area (Å²) in [6.45, 7) is 3.46. The van der Waals surface area contributed by atoms with E-state index >= 15 is 0 Å². The minimum Gasteiger partial charge on any atom is -0.488 e. The third-order valence-corrected chi connectivity index (χ3v) is 7.40. The maximum absolute atomic E-state index is 12.9. The van der Waals surface area contributed by atoms with Gasteiger partial charge < -0.3 is 9.64 Å². The van der Waals surface area contributed by atoms with Crippen molar-refractivity contribution in [1.82, 2.24) is 9.80 Å². The number of rotatable bonds is 6. The first kappa shape index (κ1) is 24.6. The van der Waals surface area contributed by atoms with Crippen molar-refractivity contribution >= 4 is 58.1 Å². The number of thioether (sulfide) groups is 1. The van der Waals surface area contributed by atoms with Gasteiger partial charge in [0, 0.05) is 34.3 Å². The van der Waals surface area contributed by atoms with Crippen LogP contribution in [0.2, 0.25) is 10.0 Å². The standard InChI is InChI=1S/C25H24Cl2N2O4S/c1-16-8-10-28(11-9-16)23(30)14-29-24(31)22(34-25(29)32)12-17-4-2-3-5-21(17)33-15-18-6-7-19(26)13-20(18)27/h2-7,12-13,16H,8-11,14-15H2,1H3/b22-12+. The van der Waals surface area contributed by atoms with Crippen molar-refractivity contribution in [2.75, 3.05) is 19.6 Å². The van der Waals surface area contributed by atoms with Crippen molar-refractivity contribution in [3.63, 3.8) is 0 Å². The number of para-hydroxylation sites is 1. The summed E-state index contributed by atoms with van der Waals surface area (Å²) >= 11 is 13.0. The molecule has 3 amide bonds. The summed E-state index contributed by atoms with van der Waals surface area (Å²) in [5, 5.41) is 0.596. The van der Waals surface area contributed by atoms with E-state index in [1.807, 2.05) is 12.1 Å². The van der Waals surface area contributed by atoms with Crippen molar-refractivity contribution in [3.05, 3.63) is 68.5 Å². The molecule has 2 aliphatic heterocycles. The number of benzene rings is 2. The van der Waals surface area contributed by atoms with E-state index in [1.54, 1.807) is 41.3 Å². The van der Waals surface area contributed by atoms with Crippen LogP contribution in [0.4, 0.5) is 4.79 Å². The molecular weight excluding hydrogens is 495 g/mol. The van der Waals surface area contributed by atoms with Crippen LogP contribution in [-0.2, 0) is 16.2 Å². The molecule has 0 radical (unpaired) electrons. The van der Waals surface area contributed by atoms with Crippen molar-refractivity contribution in [2.24, 2.45) is 5.92 Å². The number of hydrogen-bond acceptors (Lipinski definition) is 5. The van der Waals surface area contributed by atoms with Crippen LogP contribution in [-0.4, -0.2) is 46.5 Å². The van der Waals surface area contributed by atoms with Crippen LogP contribution in [0.1, 0.15) is 30.9 Å². The normalized spacial score (nSPS) is 18.1. The van der Waals surface area contributed by atoms with E-state index in [4.69, 9.17) is 27.9 Å². The topological polar surface area (TPSA) is 66.9 Å². The Hall–Kier alpha value is -2.48. The van der Waals surface area contributed by atoms with Crippen LogP contribution in [0.5, 0.6) is 5.75 Å². The summed E-state index contributed by atoms with van der Waals surface area (Å²) in [5.41, 5.74) is 1.42. The number of amides is 3. The summed E-state index contributed by atoms with van der Waals surface area (Å²) in [6.07, 6.45) is 3.49. The van der Waals surface area contributed by atoms with E-state index in [9.17, 15) is 14.4 Å². The summed E-state index contributed by atoms with van der Waals surface area (Å²) in [5.74, 6) is 0.462. The summed E-state index contributed by atoms with van der Waals surface area (Å²) < 4.78 is 5.94. The molecule has 178 valence electrons. The fraction of sp³-hybridized carbons (Fsp3) is 0.320. The van der Waals surface area contributed by atoms with Crippen molar-refractivity contribution < 1.29 is 19.1 Å². The molecular formula is C25H24Cl2N2O4S. The molecule has 2 saturated heterocycles. The highest BCUT2D eigenvalue weighted by atomic mass is 35.5. The van der Waals surface area contributed by atoms with E-state index in [0.29, 0.717) is 40.4 Å². The lowest BCUT2D eigenvalue weighted by Crippen LogP contribution is -2.45. The first-order valence-electron chi connectivity index (χ1n) is 11.0. The number of imide groups is 1. The number of carbonyl (C=O) groups is 3. The summed E-state index contributed by atoms with van der Waals surface area (Å²) in [6, 6.07) is 12.4. The van der Waals surface area contributed by atoms with E-state index in [2.05, 4.69) is 6.92 Å². The fourth-order valence-electron chi connectivity index (χ4n) is 3.80. The minimum absolute atomic E-state index is 0.195.